The highest BCUT2D eigenvalue weighted by molar-refractivity contribution is 5.86. The Hall–Kier alpha value is -2.70. The van der Waals surface area contributed by atoms with Crippen LogP contribution in [0.15, 0.2) is 36.4 Å². The number of hydrogen-bond acceptors (Lipinski definition) is 5. The smallest absolute Gasteiger partial charge is 0.351 e. The van der Waals surface area contributed by atoms with E-state index in [4.69, 9.17) is 9.84 Å². The Morgan fingerprint density at radius 3 is 2.26 bits per heavy atom. The summed E-state index contributed by atoms with van der Waals surface area (Å²) in [6.45, 7) is 2.90. The number of unbranched alkanes of at least 4 members (excludes halogenated alkanes) is 1. The number of ether oxygens (including phenoxy) is 2. The highest BCUT2D eigenvalue weighted by Gasteiger charge is 2.12. The third kappa shape index (κ3) is 7.75. The molecule has 0 bridgehead atoms. The predicted octanol–water partition coefficient (Wildman–Crippen LogP) is 2.48. The molecule has 7 heteroatoms. The number of carboxylic acids is 1. The van der Waals surface area contributed by atoms with Crippen LogP contribution in [-0.2, 0) is 19.1 Å². The molecule has 0 saturated heterocycles. The molecule has 0 unspecified atom stereocenters. The third-order valence-corrected chi connectivity index (χ3v) is 2.81. The first-order valence-corrected chi connectivity index (χ1v) is 6.91. The van der Waals surface area contributed by atoms with Gasteiger partial charge in [0.25, 0.3) is 0 Å². The van der Waals surface area contributed by atoms with E-state index in [1.54, 1.807) is 0 Å². The molecule has 1 rings (SSSR count). The van der Waals surface area contributed by atoms with Gasteiger partial charge in [-0.25, -0.2) is 14.0 Å². The van der Waals surface area contributed by atoms with Crippen molar-refractivity contribution < 1.29 is 33.4 Å². The molecular weight excluding hydrogens is 307 g/mol. The molecule has 0 amide bonds. The van der Waals surface area contributed by atoms with Crippen molar-refractivity contribution in [2.75, 3.05) is 6.61 Å². The van der Waals surface area contributed by atoms with Crippen LogP contribution in [0.1, 0.15) is 25.7 Å². The molecule has 0 radical (unpaired) electrons. The van der Waals surface area contributed by atoms with Gasteiger partial charge < -0.3 is 14.6 Å². The lowest BCUT2D eigenvalue weighted by molar-refractivity contribution is -0.161. The Morgan fingerprint density at radius 2 is 1.65 bits per heavy atom. The van der Waals surface area contributed by atoms with Crippen LogP contribution in [-0.4, -0.2) is 29.6 Å². The first-order valence-electron chi connectivity index (χ1n) is 6.91. The first kappa shape index (κ1) is 18.3. The molecule has 0 saturated carbocycles. The quantitative estimate of drug-likeness (QED) is 0.325. The van der Waals surface area contributed by atoms with Gasteiger partial charge in [0.05, 0.1) is 0 Å². The van der Waals surface area contributed by atoms with Crippen molar-refractivity contribution in [3.63, 3.8) is 0 Å². The van der Waals surface area contributed by atoms with Crippen molar-refractivity contribution in [2.45, 2.75) is 25.7 Å². The minimum Gasteiger partial charge on any atom is -0.482 e. The van der Waals surface area contributed by atoms with E-state index in [2.05, 4.69) is 11.3 Å². The first-order chi connectivity index (χ1) is 10.9. The Morgan fingerprint density at radius 1 is 1.04 bits per heavy atom. The second-order valence-electron chi connectivity index (χ2n) is 4.70. The van der Waals surface area contributed by atoms with Crippen molar-refractivity contribution >= 4 is 17.9 Å². The summed E-state index contributed by atoms with van der Waals surface area (Å²) < 4.78 is 22.2. The van der Waals surface area contributed by atoms with Gasteiger partial charge in [-0.3, -0.25) is 4.79 Å². The largest absolute Gasteiger partial charge is 0.482 e. The third-order valence-electron chi connectivity index (χ3n) is 2.81. The number of hydrogen-bond donors (Lipinski definition) is 1. The number of esters is 2. The van der Waals surface area contributed by atoms with Gasteiger partial charge in [-0.2, -0.15) is 0 Å². The van der Waals surface area contributed by atoms with Crippen molar-refractivity contribution in [3.8, 4) is 5.75 Å². The molecule has 0 fully saturated rings. The van der Waals surface area contributed by atoms with E-state index in [1.165, 1.54) is 24.3 Å². The number of benzene rings is 1. The molecule has 0 aromatic heterocycles. The molecular formula is C16H17FO6. The summed E-state index contributed by atoms with van der Waals surface area (Å²) in [7, 11) is 0. The van der Waals surface area contributed by atoms with E-state index in [1.807, 2.05) is 0 Å². The lowest BCUT2D eigenvalue weighted by Gasteiger charge is -2.06. The number of rotatable bonds is 9. The maximum Gasteiger partial charge on any atom is 0.351 e. The topological polar surface area (TPSA) is 89.9 Å². The van der Waals surface area contributed by atoms with Crippen molar-refractivity contribution in [1.29, 1.82) is 0 Å². The summed E-state index contributed by atoms with van der Waals surface area (Å²) in [6.07, 6.45) is 1.11. The summed E-state index contributed by atoms with van der Waals surface area (Å²) in [5.74, 6) is -2.78. The van der Waals surface area contributed by atoms with E-state index in [9.17, 15) is 18.8 Å². The van der Waals surface area contributed by atoms with Crippen LogP contribution >= 0.6 is 0 Å². The summed E-state index contributed by atoms with van der Waals surface area (Å²) >= 11 is 0. The summed E-state index contributed by atoms with van der Waals surface area (Å²) in [6, 6.07) is 5.05. The monoisotopic (exact) mass is 324 g/mol. The van der Waals surface area contributed by atoms with E-state index in [-0.39, 0.29) is 24.2 Å². The van der Waals surface area contributed by atoms with Gasteiger partial charge in [0.15, 0.2) is 6.61 Å². The summed E-state index contributed by atoms with van der Waals surface area (Å²) in [5.41, 5.74) is 0.0714. The number of halogens is 1. The fourth-order valence-corrected chi connectivity index (χ4v) is 1.60. The van der Waals surface area contributed by atoms with E-state index < -0.39 is 30.3 Å². The van der Waals surface area contributed by atoms with Crippen molar-refractivity contribution in [1.82, 2.24) is 0 Å². The maximum atomic E-state index is 12.7. The number of carbonyl (C=O) groups is 3. The van der Waals surface area contributed by atoms with Gasteiger partial charge in [-0.05, 0) is 43.5 Å². The van der Waals surface area contributed by atoms with Crippen molar-refractivity contribution in [2.24, 2.45) is 0 Å². The van der Waals surface area contributed by atoms with Gasteiger partial charge in [-0.1, -0.05) is 6.58 Å². The zero-order chi connectivity index (χ0) is 17.2. The Bertz CT molecular complexity index is 579. The molecule has 0 atom stereocenters. The van der Waals surface area contributed by atoms with E-state index in [0.29, 0.717) is 12.8 Å². The zero-order valence-corrected chi connectivity index (χ0v) is 12.4. The van der Waals surface area contributed by atoms with Gasteiger partial charge >= 0.3 is 17.9 Å². The van der Waals surface area contributed by atoms with Gasteiger partial charge in [0.1, 0.15) is 11.6 Å². The molecule has 0 spiro atoms. The van der Waals surface area contributed by atoms with Crippen LogP contribution in [0.2, 0.25) is 0 Å². The number of carbonyl (C=O) groups excluding carboxylic acids is 2. The van der Waals surface area contributed by atoms with E-state index >= 15 is 0 Å². The average Bonchev–Trinajstić information content (AvgIpc) is 2.50. The van der Waals surface area contributed by atoms with Gasteiger partial charge in [-0.15, -0.1) is 0 Å². The van der Waals surface area contributed by atoms with E-state index in [0.717, 1.165) is 0 Å². The molecule has 1 N–H and O–H groups in total. The summed E-state index contributed by atoms with van der Waals surface area (Å²) in [5, 5.41) is 8.61. The zero-order valence-electron chi connectivity index (χ0n) is 12.4. The van der Waals surface area contributed by atoms with Crippen molar-refractivity contribution in [3.05, 3.63) is 42.2 Å². The SMILES string of the molecule is C=C(CCCCC(=O)OC(=O)COc1ccc(F)cc1)C(=O)O. The molecule has 124 valence electrons. The van der Waals surface area contributed by atoms with Crippen LogP contribution in [0.5, 0.6) is 5.75 Å². The molecule has 0 aliphatic carbocycles. The number of carboxylic acid groups (broad SMARTS) is 1. The van der Waals surface area contributed by atoms with Crippen LogP contribution in [0.25, 0.3) is 0 Å². The highest BCUT2D eigenvalue weighted by Crippen LogP contribution is 2.11. The summed E-state index contributed by atoms with van der Waals surface area (Å²) in [4.78, 5) is 33.3. The van der Waals surface area contributed by atoms with Gasteiger partial charge in [0.2, 0.25) is 0 Å². The lowest BCUT2D eigenvalue weighted by atomic mass is 10.1. The molecule has 6 nitrogen and oxygen atoms in total. The maximum absolute atomic E-state index is 12.7. The molecule has 0 aliphatic heterocycles. The highest BCUT2D eigenvalue weighted by atomic mass is 19.1. The lowest BCUT2D eigenvalue weighted by Crippen LogP contribution is -2.19. The second-order valence-corrected chi connectivity index (χ2v) is 4.70. The predicted molar refractivity (Wildman–Crippen MR) is 78.2 cm³/mol. The molecule has 0 heterocycles. The average molecular weight is 324 g/mol. The van der Waals surface area contributed by atoms with Crippen LogP contribution in [0, 0.1) is 5.82 Å². The minimum absolute atomic E-state index is 0.00477. The Labute approximate surface area is 132 Å². The fraction of sp³-hybridized carbons (Fsp3) is 0.312. The van der Waals surface area contributed by atoms with Gasteiger partial charge in [0, 0.05) is 12.0 Å². The van der Waals surface area contributed by atoms with Crippen LogP contribution in [0.4, 0.5) is 4.39 Å². The Balaban J connectivity index is 2.18. The standard InChI is InChI=1S/C16H17FO6/c1-11(16(20)21)4-2-3-5-14(18)23-15(19)10-22-13-8-6-12(17)7-9-13/h6-9H,1-5,10H2,(H,20,21). The minimum atomic E-state index is -1.07. The number of aliphatic carboxylic acids is 1. The van der Waals surface area contributed by atoms with Crippen LogP contribution in [0.3, 0.4) is 0 Å². The molecule has 1 aromatic carbocycles. The van der Waals surface area contributed by atoms with Crippen LogP contribution < -0.4 is 4.74 Å². The second kappa shape index (κ2) is 9.34. The molecule has 0 aliphatic rings. The Kier molecular flexibility index (Phi) is 7.45. The normalized spacial score (nSPS) is 9.96. The molecule has 1 aromatic rings. The fourth-order valence-electron chi connectivity index (χ4n) is 1.60. The molecule has 23 heavy (non-hydrogen) atoms.